The Morgan fingerprint density at radius 2 is 1.56 bits per heavy atom. The Hall–Kier alpha value is -3.27. The zero-order valence-corrected chi connectivity index (χ0v) is 27.2. The Morgan fingerprint density at radius 1 is 0.889 bits per heavy atom. The molecular weight excluding hydrogens is 570 g/mol. The molecule has 0 bridgehead atoms. The van der Waals surface area contributed by atoms with E-state index < -0.39 is 23.8 Å². The lowest BCUT2D eigenvalue weighted by Gasteiger charge is -2.36. The van der Waals surface area contributed by atoms with Crippen LogP contribution >= 0.6 is 0 Å². The monoisotopic (exact) mass is 623 g/mol. The number of piperazine rings is 1. The van der Waals surface area contributed by atoms with Gasteiger partial charge in [-0.25, -0.2) is 0 Å². The van der Waals surface area contributed by atoms with Crippen LogP contribution in [-0.2, 0) is 14.4 Å². The molecule has 1 unspecified atom stereocenters. The van der Waals surface area contributed by atoms with Gasteiger partial charge in [0.25, 0.3) is 11.8 Å². The Kier molecular flexibility index (Phi) is 13.9. The first-order valence-corrected chi connectivity index (χ1v) is 17.5. The van der Waals surface area contributed by atoms with Gasteiger partial charge in [0, 0.05) is 38.6 Å². The minimum Gasteiger partial charge on any atom is -0.368 e. The molecule has 2 fully saturated rings. The van der Waals surface area contributed by atoms with Crippen LogP contribution in [0, 0.1) is 0 Å². The van der Waals surface area contributed by atoms with Gasteiger partial charge in [0.2, 0.25) is 18.2 Å². The van der Waals surface area contributed by atoms with Gasteiger partial charge in [-0.05, 0) is 50.8 Å². The molecule has 0 aromatic heterocycles. The smallest absolute Gasteiger partial charge is 0.264 e. The van der Waals surface area contributed by atoms with Crippen LogP contribution in [0.3, 0.4) is 0 Å². The molecule has 0 radical (unpaired) electrons. The lowest BCUT2D eigenvalue weighted by molar-refractivity contribution is -0.128. The summed E-state index contributed by atoms with van der Waals surface area (Å²) in [5.74, 6) is -1.34. The van der Waals surface area contributed by atoms with E-state index in [0.717, 1.165) is 69.0 Å². The third-order valence-corrected chi connectivity index (χ3v) is 9.61. The van der Waals surface area contributed by atoms with Crippen LogP contribution in [0.25, 0.3) is 0 Å². The number of nitrogens with zero attached hydrogens (tertiary/aromatic N) is 3. The molecule has 2 N–H and O–H groups in total. The van der Waals surface area contributed by atoms with E-state index in [1.165, 1.54) is 57.8 Å². The van der Waals surface area contributed by atoms with Crippen LogP contribution in [-0.4, -0.2) is 84.6 Å². The van der Waals surface area contributed by atoms with Gasteiger partial charge in [-0.1, -0.05) is 77.2 Å². The Labute approximate surface area is 268 Å². The zero-order chi connectivity index (χ0) is 32.0. The summed E-state index contributed by atoms with van der Waals surface area (Å²) in [4.78, 5) is 68.0. The molecule has 3 aliphatic rings. The van der Waals surface area contributed by atoms with Gasteiger partial charge in [-0.3, -0.25) is 39.1 Å². The molecule has 1 aliphatic carbocycles. The fourth-order valence-corrected chi connectivity index (χ4v) is 7.08. The first-order chi connectivity index (χ1) is 21.9. The van der Waals surface area contributed by atoms with Crippen molar-refractivity contribution < 1.29 is 24.0 Å². The fourth-order valence-electron chi connectivity index (χ4n) is 7.08. The SMILES string of the molecule is CCCC(C(=O)NC=O)N1C(=O)c2cccc(N3CCN(CCCCCCCCCCC(=O)NC4CCCCC4)CC3)c2C1=O. The lowest BCUT2D eigenvalue weighted by Crippen LogP contribution is -2.49. The van der Waals surface area contributed by atoms with Crippen molar-refractivity contribution in [3.05, 3.63) is 29.3 Å². The van der Waals surface area contributed by atoms with E-state index in [2.05, 4.69) is 20.4 Å². The molecule has 2 heterocycles. The molecule has 248 valence electrons. The number of fused-ring (bicyclic) bond motifs is 1. The molecule has 1 atom stereocenters. The van der Waals surface area contributed by atoms with Crippen LogP contribution < -0.4 is 15.5 Å². The van der Waals surface area contributed by atoms with Gasteiger partial charge in [0.15, 0.2) is 0 Å². The van der Waals surface area contributed by atoms with E-state index >= 15 is 0 Å². The molecule has 10 nitrogen and oxygen atoms in total. The predicted molar refractivity (Wildman–Crippen MR) is 175 cm³/mol. The number of carbonyl (C=O) groups is 5. The number of hydrogen-bond donors (Lipinski definition) is 2. The van der Waals surface area contributed by atoms with E-state index in [-0.39, 0.29) is 5.91 Å². The summed E-state index contributed by atoms with van der Waals surface area (Å²) in [6.45, 7) is 6.25. The average molecular weight is 624 g/mol. The van der Waals surface area contributed by atoms with Gasteiger partial charge >= 0.3 is 0 Å². The highest BCUT2D eigenvalue weighted by Gasteiger charge is 2.44. The maximum absolute atomic E-state index is 13.5. The molecule has 1 aromatic rings. The highest BCUT2D eigenvalue weighted by molar-refractivity contribution is 6.25. The first-order valence-electron chi connectivity index (χ1n) is 17.5. The topological polar surface area (TPSA) is 119 Å². The number of amides is 5. The Morgan fingerprint density at radius 3 is 2.22 bits per heavy atom. The summed E-state index contributed by atoms with van der Waals surface area (Å²) in [6.07, 6.45) is 17.4. The van der Waals surface area contributed by atoms with Crippen LogP contribution in [0.4, 0.5) is 5.69 Å². The summed E-state index contributed by atoms with van der Waals surface area (Å²) in [7, 11) is 0. The Balaban J connectivity index is 1.11. The van der Waals surface area contributed by atoms with Crippen LogP contribution in [0.15, 0.2) is 18.2 Å². The van der Waals surface area contributed by atoms with Gasteiger partial charge in [-0.2, -0.15) is 0 Å². The van der Waals surface area contributed by atoms with Crippen molar-refractivity contribution in [2.24, 2.45) is 0 Å². The molecule has 1 saturated heterocycles. The zero-order valence-electron chi connectivity index (χ0n) is 27.2. The summed E-state index contributed by atoms with van der Waals surface area (Å²) in [5, 5.41) is 5.33. The average Bonchev–Trinajstić information content (AvgIpc) is 3.30. The van der Waals surface area contributed by atoms with Crippen molar-refractivity contribution in [3.63, 3.8) is 0 Å². The molecular formula is C35H53N5O5. The van der Waals surface area contributed by atoms with Gasteiger partial charge in [0.05, 0.1) is 16.8 Å². The van der Waals surface area contributed by atoms with E-state index in [0.29, 0.717) is 42.8 Å². The third kappa shape index (κ3) is 9.61. The maximum atomic E-state index is 13.5. The number of rotatable bonds is 18. The summed E-state index contributed by atoms with van der Waals surface area (Å²) in [5.41, 5.74) is 1.42. The lowest BCUT2D eigenvalue weighted by atomic mass is 9.95. The minimum atomic E-state index is -1.01. The minimum absolute atomic E-state index is 0.240. The van der Waals surface area contributed by atoms with Crippen LogP contribution in [0.1, 0.15) is 130 Å². The van der Waals surface area contributed by atoms with Crippen LogP contribution in [0.5, 0.6) is 0 Å². The van der Waals surface area contributed by atoms with Crippen LogP contribution in [0.2, 0.25) is 0 Å². The number of benzene rings is 1. The molecule has 10 heteroatoms. The number of nitrogens with one attached hydrogen (secondary N) is 2. The number of carbonyl (C=O) groups excluding carboxylic acids is 5. The number of imide groups is 2. The van der Waals surface area contributed by atoms with E-state index in [1.54, 1.807) is 12.1 Å². The Bertz CT molecular complexity index is 1160. The largest absolute Gasteiger partial charge is 0.368 e. The fraction of sp³-hybridized carbons (Fsp3) is 0.686. The van der Waals surface area contributed by atoms with Gasteiger partial charge in [-0.15, -0.1) is 0 Å². The number of unbranched alkanes of at least 4 members (excludes halogenated alkanes) is 7. The van der Waals surface area contributed by atoms with Crippen molar-refractivity contribution >= 4 is 35.7 Å². The van der Waals surface area contributed by atoms with Crippen molar-refractivity contribution in [2.45, 2.75) is 122 Å². The standard InChI is InChI=1S/C35H53N5O5/c1-2-15-30(33(43)36-26-41)40-34(44)28-18-14-19-29(32(28)35(40)45)39-24-22-38(23-25-39)21-13-8-6-4-3-5-7-12-20-31(42)37-27-16-10-9-11-17-27/h14,18-19,26-27,30H,2-13,15-17,20-25H2,1H3,(H,37,42)(H,36,41,43). The number of hydrogen-bond acceptors (Lipinski definition) is 7. The molecule has 5 amide bonds. The van der Waals surface area contributed by atoms with Gasteiger partial charge < -0.3 is 10.2 Å². The van der Waals surface area contributed by atoms with E-state index in [1.807, 2.05) is 13.0 Å². The third-order valence-electron chi connectivity index (χ3n) is 9.61. The molecule has 1 aromatic carbocycles. The van der Waals surface area contributed by atoms with Crippen molar-refractivity contribution in [1.82, 2.24) is 20.4 Å². The molecule has 2 aliphatic heterocycles. The normalized spacial score (nSPS) is 18.2. The predicted octanol–water partition coefficient (Wildman–Crippen LogP) is 4.81. The van der Waals surface area contributed by atoms with Crippen molar-refractivity contribution in [2.75, 3.05) is 37.6 Å². The highest BCUT2D eigenvalue weighted by Crippen LogP contribution is 2.34. The second-order valence-electron chi connectivity index (χ2n) is 12.9. The second kappa shape index (κ2) is 18.0. The van der Waals surface area contributed by atoms with Crippen molar-refractivity contribution in [3.8, 4) is 0 Å². The summed E-state index contributed by atoms with van der Waals surface area (Å²) < 4.78 is 0. The quantitative estimate of drug-likeness (QED) is 0.137. The van der Waals surface area contributed by atoms with E-state index in [4.69, 9.17) is 0 Å². The number of anilines is 1. The molecule has 1 saturated carbocycles. The molecule has 0 spiro atoms. The summed E-state index contributed by atoms with van der Waals surface area (Å²) in [6, 6.07) is 4.73. The van der Waals surface area contributed by atoms with Gasteiger partial charge in [0.1, 0.15) is 6.04 Å². The van der Waals surface area contributed by atoms with E-state index in [9.17, 15) is 24.0 Å². The van der Waals surface area contributed by atoms with Crippen molar-refractivity contribution in [1.29, 1.82) is 0 Å². The maximum Gasteiger partial charge on any atom is 0.264 e. The summed E-state index contributed by atoms with van der Waals surface area (Å²) >= 11 is 0. The highest BCUT2D eigenvalue weighted by atomic mass is 16.2. The second-order valence-corrected chi connectivity index (χ2v) is 12.9. The molecule has 4 rings (SSSR count). The first kappa shape index (κ1) is 34.6. The molecule has 45 heavy (non-hydrogen) atoms.